The fourth-order valence-corrected chi connectivity index (χ4v) is 1.98. The molecule has 0 spiro atoms. The summed E-state index contributed by atoms with van der Waals surface area (Å²) in [5.74, 6) is 0.130. The van der Waals surface area contributed by atoms with E-state index in [1.54, 1.807) is 19.1 Å². The molecule has 0 bridgehead atoms. The molecule has 94 valence electrons. The number of rotatable bonds is 3. The van der Waals surface area contributed by atoms with Crippen molar-refractivity contribution < 1.29 is 9.13 Å². The van der Waals surface area contributed by atoms with Crippen LogP contribution in [0.5, 0.6) is 5.75 Å². The fourth-order valence-electron chi connectivity index (χ4n) is 1.39. The predicted molar refractivity (Wildman–Crippen MR) is 70.2 cm³/mol. The Labute approximate surface area is 117 Å². The van der Waals surface area contributed by atoms with Crippen molar-refractivity contribution in [2.45, 2.75) is 13.5 Å². The highest BCUT2D eigenvalue weighted by molar-refractivity contribution is 9.10. The quantitative estimate of drug-likeness (QED) is 0.800. The van der Waals surface area contributed by atoms with E-state index in [0.717, 1.165) is 5.69 Å². The van der Waals surface area contributed by atoms with E-state index in [0.29, 0.717) is 15.5 Å². The minimum atomic E-state index is -0.442. The summed E-state index contributed by atoms with van der Waals surface area (Å²) in [5, 5.41) is 0.345. The maximum absolute atomic E-state index is 13.5. The number of nitrogens with zero attached hydrogens (tertiary/aromatic N) is 2. The van der Waals surface area contributed by atoms with Gasteiger partial charge < -0.3 is 4.74 Å². The Balaban J connectivity index is 2.11. The minimum absolute atomic E-state index is 0.0694. The van der Waals surface area contributed by atoms with Crippen molar-refractivity contribution in [3.63, 3.8) is 0 Å². The van der Waals surface area contributed by atoms with Gasteiger partial charge in [-0.3, -0.25) is 0 Å². The summed E-state index contributed by atoms with van der Waals surface area (Å²) in [6.45, 7) is 1.87. The molecule has 0 aliphatic rings. The lowest BCUT2D eigenvalue weighted by atomic mass is 10.3. The van der Waals surface area contributed by atoms with E-state index >= 15 is 0 Å². The monoisotopic (exact) mass is 330 g/mol. The topological polar surface area (TPSA) is 35.0 Å². The van der Waals surface area contributed by atoms with Crippen molar-refractivity contribution in [3.05, 3.63) is 51.2 Å². The van der Waals surface area contributed by atoms with Gasteiger partial charge in [-0.15, -0.1) is 0 Å². The maximum Gasteiger partial charge on any atom is 0.167 e. The highest BCUT2D eigenvalue weighted by Gasteiger charge is 2.06. The van der Waals surface area contributed by atoms with Crippen molar-refractivity contribution in [3.8, 4) is 5.75 Å². The summed E-state index contributed by atoms with van der Waals surface area (Å²) in [7, 11) is 0. The second-order valence-corrected chi connectivity index (χ2v) is 4.91. The van der Waals surface area contributed by atoms with Crippen LogP contribution in [0.2, 0.25) is 5.15 Å². The van der Waals surface area contributed by atoms with Gasteiger partial charge in [0.1, 0.15) is 11.8 Å². The van der Waals surface area contributed by atoms with Crippen molar-refractivity contribution >= 4 is 27.5 Å². The molecule has 0 radical (unpaired) electrons. The largest absolute Gasteiger partial charge is 0.483 e. The van der Waals surface area contributed by atoms with Crippen molar-refractivity contribution in [2.24, 2.45) is 0 Å². The lowest BCUT2D eigenvalue weighted by molar-refractivity contribution is 0.280. The second kappa shape index (κ2) is 5.63. The van der Waals surface area contributed by atoms with Crippen molar-refractivity contribution in [1.82, 2.24) is 9.97 Å². The number of benzene rings is 1. The zero-order valence-electron chi connectivity index (χ0n) is 9.45. The zero-order chi connectivity index (χ0) is 13.1. The molecule has 0 aliphatic heterocycles. The summed E-state index contributed by atoms with van der Waals surface area (Å²) >= 11 is 8.97. The van der Waals surface area contributed by atoms with Crippen LogP contribution < -0.4 is 4.74 Å². The molecule has 0 unspecified atom stereocenters. The van der Waals surface area contributed by atoms with Crippen LogP contribution in [0.1, 0.15) is 11.5 Å². The van der Waals surface area contributed by atoms with Crippen molar-refractivity contribution in [2.75, 3.05) is 0 Å². The highest BCUT2D eigenvalue weighted by atomic mass is 79.9. The van der Waals surface area contributed by atoms with Gasteiger partial charge in [0.2, 0.25) is 0 Å². The third kappa shape index (κ3) is 3.40. The Morgan fingerprint density at radius 3 is 2.78 bits per heavy atom. The third-order valence-corrected chi connectivity index (χ3v) is 2.81. The molecule has 0 atom stereocenters. The number of hydrogen-bond donors (Lipinski definition) is 0. The molecule has 2 rings (SSSR count). The Morgan fingerprint density at radius 1 is 1.33 bits per heavy atom. The summed E-state index contributed by atoms with van der Waals surface area (Å²) in [5.41, 5.74) is 0.741. The molecule has 0 N–H and O–H groups in total. The molecule has 0 amide bonds. The predicted octanol–water partition coefficient (Wildman–Crippen LogP) is 3.92. The average molecular weight is 332 g/mol. The van der Waals surface area contributed by atoms with Gasteiger partial charge in [-0.2, -0.15) is 0 Å². The van der Waals surface area contributed by atoms with Crippen molar-refractivity contribution in [1.29, 1.82) is 0 Å². The van der Waals surface area contributed by atoms with Crippen LogP contribution in [0.25, 0.3) is 0 Å². The molecule has 18 heavy (non-hydrogen) atoms. The summed E-state index contributed by atoms with van der Waals surface area (Å²) < 4.78 is 19.5. The number of ether oxygens (including phenoxy) is 1. The smallest absolute Gasteiger partial charge is 0.167 e. The van der Waals surface area contributed by atoms with E-state index in [1.165, 1.54) is 12.1 Å². The first-order chi connectivity index (χ1) is 8.54. The third-order valence-electron chi connectivity index (χ3n) is 2.12. The number of hydrogen-bond acceptors (Lipinski definition) is 3. The number of aryl methyl sites for hydroxylation is 1. The van der Waals surface area contributed by atoms with Gasteiger partial charge >= 0.3 is 0 Å². The maximum atomic E-state index is 13.5. The lowest BCUT2D eigenvalue weighted by Gasteiger charge is -2.07. The van der Waals surface area contributed by atoms with Crippen LogP contribution in [0.3, 0.4) is 0 Å². The second-order valence-electron chi connectivity index (χ2n) is 3.61. The molecule has 6 heteroatoms. The Morgan fingerprint density at radius 2 is 2.11 bits per heavy atom. The van der Waals surface area contributed by atoms with Crippen LogP contribution in [0.4, 0.5) is 4.39 Å². The Kier molecular flexibility index (Phi) is 4.14. The molecular weight excluding hydrogens is 322 g/mol. The van der Waals surface area contributed by atoms with Gasteiger partial charge in [-0.1, -0.05) is 27.5 Å². The molecule has 2 aromatic rings. The van der Waals surface area contributed by atoms with Gasteiger partial charge in [-0.25, -0.2) is 14.4 Å². The Bertz CT molecular complexity index is 560. The minimum Gasteiger partial charge on any atom is -0.483 e. The normalized spacial score (nSPS) is 10.4. The van der Waals surface area contributed by atoms with Gasteiger partial charge in [0.25, 0.3) is 0 Å². The summed E-state index contributed by atoms with van der Waals surface area (Å²) in [6, 6.07) is 6.21. The molecule has 3 nitrogen and oxygen atoms in total. The van der Waals surface area contributed by atoms with Crippen LogP contribution in [0, 0.1) is 12.7 Å². The van der Waals surface area contributed by atoms with E-state index in [9.17, 15) is 4.39 Å². The first-order valence-electron chi connectivity index (χ1n) is 5.12. The standard InChI is InChI=1S/C12H9BrClFN2O/c1-7-4-11(14)17-12(16-7)6-18-10-3-2-8(13)5-9(10)15/h2-5H,6H2,1H3. The van der Waals surface area contributed by atoms with Crippen LogP contribution >= 0.6 is 27.5 Å². The van der Waals surface area contributed by atoms with Crippen LogP contribution in [-0.2, 0) is 6.61 Å². The van der Waals surface area contributed by atoms with E-state index in [1.807, 2.05) is 0 Å². The summed E-state index contributed by atoms with van der Waals surface area (Å²) in [6.07, 6.45) is 0. The average Bonchev–Trinajstić information content (AvgIpc) is 2.26. The highest BCUT2D eigenvalue weighted by Crippen LogP contribution is 2.22. The molecule has 1 aromatic carbocycles. The Hall–Kier alpha value is -1.20. The molecule has 0 fully saturated rings. The first kappa shape index (κ1) is 13.2. The molecule has 1 heterocycles. The van der Waals surface area contributed by atoms with Crippen LogP contribution in [0.15, 0.2) is 28.7 Å². The van der Waals surface area contributed by atoms with Gasteiger partial charge in [-0.05, 0) is 31.2 Å². The number of halogens is 3. The molecule has 0 saturated carbocycles. The molecule has 0 aliphatic carbocycles. The number of aromatic nitrogens is 2. The van der Waals surface area contributed by atoms with E-state index in [2.05, 4.69) is 25.9 Å². The molecule has 0 saturated heterocycles. The fraction of sp³-hybridized carbons (Fsp3) is 0.167. The van der Waals surface area contributed by atoms with Crippen LogP contribution in [-0.4, -0.2) is 9.97 Å². The molecule has 1 aromatic heterocycles. The first-order valence-corrected chi connectivity index (χ1v) is 6.29. The SMILES string of the molecule is Cc1cc(Cl)nc(COc2ccc(Br)cc2F)n1. The lowest BCUT2D eigenvalue weighted by Crippen LogP contribution is -2.03. The van der Waals surface area contributed by atoms with Gasteiger partial charge in [0.15, 0.2) is 17.4 Å². The zero-order valence-corrected chi connectivity index (χ0v) is 11.8. The van der Waals surface area contributed by atoms with E-state index in [4.69, 9.17) is 16.3 Å². The molecular formula is C12H9BrClFN2O. The summed E-state index contributed by atoms with van der Waals surface area (Å²) in [4.78, 5) is 8.14. The van der Waals surface area contributed by atoms with Gasteiger partial charge in [0.05, 0.1) is 0 Å². The van der Waals surface area contributed by atoms with E-state index < -0.39 is 5.82 Å². The van der Waals surface area contributed by atoms with E-state index in [-0.39, 0.29) is 12.4 Å². The van der Waals surface area contributed by atoms with Gasteiger partial charge in [0, 0.05) is 10.2 Å².